The van der Waals surface area contributed by atoms with Gasteiger partial charge in [-0.25, -0.2) is 10.6 Å². The van der Waals surface area contributed by atoms with Crippen LogP contribution in [-0.4, -0.2) is 36.6 Å². The number of amides is 2. The molecule has 0 aromatic carbocycles. The Labute approximate surface area is 74.3 Å². The third-order valence-corrected chi connectivity index (χ3v) is 1.34. The Bertz CT molecular complexity index is 160. The van der Waals surface area contributed by atoms with Gasteiger partial charge < -0.3 is 4.90 Å². The highest BCUT2D eigenvalue weighted by Gasteiger charge is 2.18. The van der Waals surface area contributed by atoms with Gasteiger partial charge >= 0.3 is 6.03 Å². The lowest BCUT2D eigenvalue weighted by Crippen LogP contribution is -2.45. The molecule has 12 heavy (non-hydrogen) atoms. The SMILES string of the molecule is CN(N)C(=O)N(C)CC(C)(C)C. The second-order valence-electron chi connectivity index (χ2n) is 4.31. The zero-order valence-electron chi connectivity index (χ0n) is 8.59. The van der Waals surface area contributed by atoms with Gasteiger partial charge in [0.2, 0.25) is 0 Å². The van der Waals surface area contributed by atoms with Gasteiger partial charge in [-0.05, 0) is 5.41 Å². The van der Waals surface area contributed by atoms with Crippen LogP contribution in [0.3, 0.4) is 0 Å². The first-order chi connectivity index (χ1) is 5.24. The van der Waals surface area contributed by atoms with Gasteiger partial charge in [0.25, 0.3) is 0 Å². The molecule has 0 fully saturated rings. The maximum absolute atomic E-state index is 11.2. The molecule has 0 aliphatic rings. The van der Waals surface area contributed by atoms with Crippen molar-refractivity contribution >= 4 is 6.03 Å². The molecule has 0 rings (SSSR count). The summed E-state index contributed by atoms with van der Waals surface area (Å²) in [6, 6.07) is -0.162. The molecule has 0 aromatic heterocycles. The lowest BCUT2D eigenvalue weighted by molar-refractivity contribution is 0.157. The molecule has 72 valence electrons. The van der Waals surface area contributed by atoms with Crippen LogP contribution in [0.15, 0.2) is 0 Å². The van der Waals surface area contributed by atoms with Crippen molar-refractivity contribution < 1.29 is 4.79 Å². The van der Waals surface area contributed by atoms with E-state index in [2.05, 4.69) is 20.8 Å². The highest BCUT2D eigenvalue weighted by molar-refractivity contribution is 5.73. The molecule has 0 spiro atoms. The Hall–Kier alpha value is -0.770. The van der Waals surface area contributed by atoms with Crippen molar-refractivity contribution in [1.82, 2.24) is 9.91 Å². The number of hydrogen-bond acceptors (Lipinski definition) is 2. The van der Waals surface area contributed by atoms with Gasteiger partial charge in [0.05, 0.1) is 0 Å². The number of nitrogens with zero attached hydrogens (tertiary/aromatic N) is 2. The quantitative estimate of drug-likeness (QED) is 0.364. The van der Waals surface area contributed by atoms with Crippen molar-refractivity contribution in [1.29, 1.82) is 0 Å². The summed E-state index contributed by atoms with van der Waals surface area (Å²) in [4.78, 5) is 12.9. The van der Waals surface area contributed by atoms with E-state index in [9.17, 15) is 4.79 Å². The lowest BCUT2D eigenvalue weighted by atomic mass is 9.96. The summed E-state index contributed by atoms with van der Waals surface area (Å²) >= 11 is 0. The van der Waals surface area contributed by atoms with Crippen LogP contribution in [0.2, 0.25) is 0 Å². The molecule has 0 radical (unpaired) electrons. The second-order valence-corrected chi connectivity index (χ2v) is 4.31. The smallest absolute Gasteiger partial charge is 0.326 e. The number of rotatable bonds is 1. The molecule has 4 heteroatoms. The summed E-state index contributed by atoms with van der Waals surface area (Å²) in [5.41, 5.74) is 0.112. The highest BCUT2D eigenvalue weighted by Crippen LogP contribution is 2.14. The molecular weight excluding hydrogens is 154 g/mol. The van der Waals surface area contributed by atoms with Crippen LogP contribution < -0.4 is 5.84 Å². The van der Waals surface area contributed by atoms with Crippen molar-refractivity contribution in [2.45, 2.75) is 20.8 Å². The van der Waals surface area contributed by atoms with Crippen LogP contribution in [0.5, 0.6) is 0 Å². The van der Waals surface area contributed by atoms with E-state index in [0.29, 0.717) is 6.54 Å². The Balaban J connectivity index is 4.05. The summed E-state index contributed by atoms with van der Waals surface area (Å²) in [5.74, 6) is 5.30. The van der Waals surface area contributed by atoms with Crippen LogP contribution in [0.4, 0.5) is 4.79 Å². The molecule has 2 amide bonds. The third kappa shape index (κ3) is 4.18. The minimum absolute atomic E-state index is 0.112. The van der Waals surface area contributed by atoms with E-state index in [0.717, 1.165) is 5.01 Å². The van der Waals surface area contributed by atoms with Crippen molar-refractivity contribution in [3.63, 3.8) is 0 Å². The summed E-state index contributed by atoms with van der Waals surface area (Å²) < 4.78 is 0. The normalized spacial score (nSPS) is 11.2. The van der Waals surface area contributed by atoms with Gasteiger partial charge in [0, 0.05) is 20.6 Å². The van der Waals surface area contributed by atoms with Crippen LogP contribution in [0.1, 0.15) is 20.8 Å². The molecule has 0 saturated carbocycles. The van der Waals surface area contributed by atoms with E-state index < -0.39 is 0 Å². The third-order valence-electron chi connectivity index (χ3n) is 1.34. The van der Waals surface area contributed by atoms with Crippen molar-refractivity contribution in [3.8, 4) is 0 Å². The average molecular weight is 173 g/mol. The van der Waals surface area contributed by atoms with Crippen LogP contribution in [-0.2, 0) is 0 Å². The maximum atomic E-state index is 11.2. The first-order valence-electron chi connectivity index (χ1n) is 3.97. The number of urea groups is 1. The predicted molar refractivity (Wildman–Crippen MR) is 49.4 cm³/mol. The van der Waals surface area contributed by atoms with Crippen molar-refractivity contribution in [2.24, 2.45) is 11.3 Å². The monoisotopic (exact) mass is 173 g/mol. The lowest BCUT2D eigenvalue weighted by Gasteiger charge is -2.28. The molecule has 0 aliphatic heterocycles. The summed E-state index contributed by atoms with van der Waals surface area (Å²) in [6.45, 7) is 6.93. The highest BCUT2D eigenvalue weighted by atomic mass is 16.2. The van der Waals surface area contributed by atoms with Crippen LogP contribution >= 0.6 is 0 Å². The average Bonchev–Trinajstić information content (AvgIpc) is 1.82. The number of hydrazine groups is 1. The first kappa shape index (κ1) is 11.2. The zero-order chi connectivity index (χ0) is 9.94. The number of hydrogen-bond donors (Lipinski definition) is 1. The molecular formula is C8H19N3O. The van der Waals surface area contributed by atoms with Gasteiger partial charge in [-0.15, -0.1) is 0 Å². The van der Waals surface area contributed by atoms with E-state index in [-0.39, 0.29) is 11.4 Å². The minimum Gasteiger partial charge on any atom is -0.326 e. The largest absolute Gasteiger partial charge is 0.333 e. The minimum atomic E-state index is -0.162. The van der Waals surface area contributed by atoms with Gasteiger partial charge in [-0.1, -0.05) is 20.8 Å². The molecule has 2 N–H and O–H groups in total. The van der Waals surface area contributed by atoms with E-state index in [1.54, 1.807) is 19.0 Å². The Morgan fingerprint density at radius 1 is 1.33 bits per heavy atom. The van der Waals surface area contributed by atoms with Crippen LogP contribution in [0.25, 0.3) is 0 Å². The molecule has 0 aliphatic carbocycles. The van der Waals surface area contributed by atoms with E-state index in [4.69, 9.17) is 5.84 Å². The van der Waals surface area contributed by atoms with E-state index in [1.807, 2.05) is 0 Å². The zero-order valence-corrected chi connectivity index (χ0v) is 8.59. The molecule has 0 bridgehead atoms. The van der Waals surface area contributed by atoms with Gasteiger partial charge in [-0.3, -0.25) is 5.01 Å². The number of carbonyl (C=O) groups is 1. The van der Waals surface area contributed by atoms with Gasteiger partial charge in [0.15, 0.2) is 0 Å². The van der Waals surface area contributed by atoms with E-state index in [1.165, 1.54) is 0 Å². The molecule has 0 unspecified atom stereocenters. The number of nitrogens with two attached hydrogens (primary N) is 1. The predicted octanol–water partition coefficient (Wildman–Crippen LogP) is 0.890. The van der Waals surface area contributed by atoms with Crippen molar-refractivity contribution in [3.05, 3.63) is 0 Å². The summed E-state index contributed by atoms with van der Waals surface area (Å²) in [6.07, 6.45) is 0. The summed E-state index contributed by atoms with van der Waals surface area (Å²) in [5, 5.41) is 1.09. The fraction of sp³-hybridized carbons (Fsp3) is 0.875. The molecule has 0 saturated heterocycles. The van der Waals surface area contributed by atoms with Crippen LogP contribution in [0, 0.1) is 5.41 Å². The number of carbonyl (C=O) groups excluding carboxylic acids is 1. The maximum Gasteiger partial charge on any atom is 0.333 e. The molecule has 0 heterocycles. The van der Waals surface area contributed by atoms with E-state index >= 15 is 0 Å². The summed E-state index contributed by atoms with van der Waals surface area (Å²) in [7, 11) is 3.29. The Morgan fingerprint density at radius 3 is 2.00 bits per heavy atom. The standard InChI is InChI=1S/C8H19N3O/c1-8(2,3)6-10(4)7(12)11(5)9/h6,9H2,1-5H3. The molecule has 0 aromatic rings. The van der Waals surface area contributed by atoms with Gasteiger partial charge in [0.1, 0.15) is 0 Å². The Kier molecular flexibility index (Phi) is 3.52. The Morgan fingerprint density at radius 2 is 1.75 bits per heavy atom. The molecule has 0 atom stereocenters. The topological polar surface area (TPSA) is 49.6 Å². The first-order valence-corrected chi connectivity index (χ1v) is 3.97. The van der Waals surface area contributed by atoms with Crippen molar-refractivity contribution in [2.75, 3.05) is 20.6 Å². The molecule has 4 nitrogen and oxygen atoms in total. The second kappa shape index (κ2) is 3.76. The fourth-order valence-electron chi connectivity index (χ4n) is 1.05. The van der Waals surface area contributed by atoms with Gasteiger partial charge in [-0.2, -0.15) is 0 Å². The fourth-order valence-corrected chi connectivity index (χ4v) is 1.05.